The standard InChI is InChI=1S/C9H12N2O3/c1-2-14-6-3-4-8(11-10)7(5-6)9(12)13/h3-5,11H,2,10H2,1H3,(H,12,13). The fourth-order valence-electron chi connectivity index (χ4n) is 1.08. The van der Waals surface area contributed by atoms with Gasteiger partial charge in [-0.1, -0.05) is 0 Å². The molecule has 5 nitrogen and oxygen atoms in total. The highest BCUT2D eigenvalue weighted by molar-refractivity contribution is 5.94. The molecule has 0 aliphatic carbocycles. The highest BCUT2D eigenvalue weighted by Gasteiger charge is 2.10. The first-order valence-electron chi connectivity index (χ1n) is 4.15. The van der Waals surface area contributed by atoms with Crippen molar-refractivity contribution >= 4 is 11.7 Å². The van der Waals surface area contributed by atoms with Crippen molar-refractivity contribution in [2.45, 2.75) is 6.92 Å². The number of hydrazine groups is 1. The Kier molecular flexibility index (Phi) is 3.30. The van der Waals surface area contributed by atoms with Crippen LogP contribution in [0.15, 0.2) is 18.2 Å². The largest absolute Gasteiger partial charge is 0.494 e. The zero-order valence-electron chi connectivity index (χ0n) is 7.78. The van der Waals surface area contributed by atoms with Gasteiger partial charge in [0.2, 0.25) is 0 Å². The van der Waals surface area contributed by atoms with E-state index in [9.17, 15) is 4.79 Å². The third kappa shape index (κ3) is 2.14. The van der Waals surface area contributed by atoms with E-state index in [0.29, 0.717) is 18.0 Å². The summed E-state index contributed by atoms with van der Waals surface area (Å²) in [6, 6.07) is 4.65. The molecule has 0 bridgehead atoms. The molecule has 4 N–H and O–H groups in total. The fraction of sp³-hybridized carbons (Fsp3) is 0.222. The molecule has 0 amide bonds. The van der Waals surface area contributed by atoms with Crippen LogP contribution in [-0.2, 0) is 0 Å². The molecule has 0 aliphatic rings. The van der Waals surface area contributed by atoms with Gasteiger partial charge < -0.3 is 15.3 Å². The van der Waals surface area contributed by atoms with E-state index in [4.69, 9.17) is 15.7 Å². The first-order chi connectivity index (χ1) is 6.69. The van der Waals surface area contributed by atoms with Crippen LogP contribution in [0.3, 0.4) is 0 Å². The molecule has 0 atom stereocenters. The molecule has 0 aliphatic heterocycles. The molecule has 0 heterocycles. The van der Waals surface area contributed by atoms with Crippen LogP contribution in [-0.4, -0.2) is 17.7 Å². The van der Waals surface area contributed by atoms with Gasteiger partial charge in [0.1, 0.15) is 5.75 Å². The summed E-state index contributed by atoms with van der Waals surface area (Å²) in [7, 11) is 0. The number of hydrogen-bond donors (Lipinski definition) is 3. The zero-order valence-corrected chi connectivity index (χ0v) is 7.78. The normalized spacial score (nSPS) is 9.57. The van der Waals surface area contributed by atoms with Gasteiger partial charge in [0.25, 0.3) is 0 Å². The predicted octanol–water partition coefficient (Wildman–Crippen LogP) is 1.07. The van der Waals surface area contributed by atoms with Crippen molar-refractivity contribution in [1.29, 1.82) is 0 Å². The smallest absolute Gasteiger partial charge is 0.337 e. The Balaban J connectivity index is 3.07. The topological polar surface area (TPSA) is 84.6 Å². The summed E-state index contributed by atoms with van der Waals surface area (Å²) in [5.41, 5.74) is 2.77. The Morgan fingerprint density at radius 1 is 1.64 bits per heavy atom. The molecule has 76 valence electrons. The van der Waals surface area contributed by atoms with Crippen molar-refractivity contribution in [1.82, 2.24) is 0 Å². The van der Waals surface area contributed by atoms with Gasteiger partial charge >= 0.3 is 5.97 Å². The summed E-state index contributed by atoms with van der Waals surface area (Å²) in [5.74, 6) is 4.63. The Morgan fingerprint density at radius 2 is 2.36 bits per heavy atom. The van der Waals surface area contributed by atoms with Crippen LogP contribution in [0.25, 0.3) is 0 Å². The highest BCUT2D eigenvalue weighted by atomic mass is 16.5. The molecule has 0 unspecified atom stereocenters. The van der Waals surface area contributed by atoms with Gasteiger partial charge in [-0.15, -0.1) is 0 Å². The van der Waals surface area contributed by atoms with Crippen molar-refractivity contribution in [2.75, 3.05) is 12.0 Å². The lowest BCUT2D eigenvalue weighted by atomic mass is 10.2. The number of carboxylic acid groups (broad SMARTS) is 1. The number of carboxylic acids is 1. The Morgan fingerprint density at radius 3 is 2.86 bits per heavy atom. The second-order valence-electron chi connectivity index (χ2n) is 2.59. The van der Waals surface area contributed by atoms with E-state index >= 15 is 0 Å². The van der Waals surface area contributed by atoms with E-state index in [0.717, 1.165) is 0 Å². The number of anilines is 1. The highest BCUT2D eigenvalue weighted by Crippen LogP contribution is 2.21. The van der Waals surface area contributed by atoms with Crippen molar-refractivity contribution in [3.05, 3.63) is 23.8 Å². The van der Waals surface area contributed by atoms with E-state index in [2.05, 4.69) is 5.43 Å². The van der Waals surface area contributed by atoms with Crippen LogP contribution < -0.4 is 16.0 Å². The molecule has 0 spiro atoms. The van der Waals surface area contributed by atoms with Crippen molar-refractivity contribution < 1.29 is 14.6 Å². The van der Waals surface area contributed by atoms with Crippen molar-refractivity contribution in [3.8, 4) is 5.75 Å². The summed E-state index contributed by atoms with van der Waals surface area (Å²) in [6.45, 7) is 2.32. The number of nitrogen functional groups attached to an aromatic ring is 1. The first kappa shape index (κ1) is 10.3. The number of ether oxygens (including phenoxy) is 1. The second-order valence-corrected chi connectivity index (χ2v) is 2.59. The Labute approximate surface area is 81.5 Å². The summed E-state index contributed by atoms with van der Waals surface area (Å²) in [5, 5.41) is 8.84. The fourth-order valence-corrected chi connectivity index (χ4v) is 1.08. The molecule has 1 rings (SSSR count). The molecule has 1 aromatic carbocycles. The number of nitrogens with one attached hydrogen (secondary N) is 1. The van der Waals surface area contributed by atoms with E-state index in [1.807, 2.05) is 6.92 Å². The maximum Gasteiger partial charge on any atom is 0.337 e. The zero-order chi connectivity index (χ0) is 10.6. The predicted molar refractivity (Wildman–Crippen MR) is 52.4 cm³/mol. The number of aromatic carboxylic acids is 1. The summed E-state index contributed by atoms with van der Waals surface area (Å²) in [4.78, 5) is 10.8. The first-order valence-corrected chi connectivity index (χ1v) is 4.15. The van der Waals surface area contributed by atoms with E-state index in [1.54, 1.807) is 12.1 Å². The quantitative estimate of drug-likeness (QED) is 0.495. The summed E-state index contributed by atoms with van der Waals surface area (Å²) < 4.78 is 5.16. The SMILES string of the molecule is CCOc1ccc(NN)c(C(=O)O)c1. The molecule has 5 heteroatoms. The third-order valence-corrected chi connectivity index (χ3v) is 1.69. The molecule has 0 saturated heterocycles. The van der Waals surface area contributed by atoms with Gasteiger partial charge in [-0.2, -0.15) is 0 Å². The second kappa shape index (κ2) is 4.48. The van der Waals surface area contributed by atoms with E-state index in [-0.39, 0.29) is 5.56 Å². The summed E-state index contributed by atoms with van der Waals surface area (Å²) in [6.07, 6.45) is 0. The number of hydrogen-bond acceptors (Lipinski definition) is 4. The van der Waals surface area contributed by atoms with Crippen LogP contribution in [0.1, 0.15) is 17.3 Å². The minimum Gasteiger partial charge on any atom is -0.494 e. The average Bonchev–Trinajstić information content (AvgIpc) is 2.18. The van der Waals surface area contributed by atoms with Gasteiger partial charge in [-0.3, -0.25) is 5.84 Å². The third-order valence-electron chi connectivity index (χ3n) is 1.69. The van der Waals surface area contributed by atoms with Crippen LogP contribution in [0.4, 0.5) is 5.69 Å². The lowest BCUT2D eigenvalue weighted by Crippen LogP contribution is -2.12. The molecule has 0 radical (unpaired) electrons. The maximum atomic E-state index is 10.8. The lowest BCUT2D eigenvalue weighted by molar-refractivity contribution is 0.0697. The van der Waals surface area contributed by atoms with Gasteiger partial charge in [0, 0.05) is 0 Å². The lowest BCUT2D eigenvalue weighted by Gasteiger charge is -2.08. The van der Waals surface area contributed by atoms with Crippen molar-refractivity contribution in [2.24, 2.45) is 5.84 Å². The van der Waals surface area contributed by atoms with Gasteiger partial charge in [0.15, 0.2) is 0 Å². The maximum absolute atomic E-state index is 10.8. The summed E-state index contributed by atoms with van der Waals surface area (Å²) >= 11 is 0. The number of nitrogens with two attached hydrogens (primary N) is 1. The van der Waals surface area contributed by atoms with Gasteiger partial charge in [-0.05, 0) is 25.1 Å². The molecule has 1 aromatic rings. The van der Waals surface area contributed by atoms with E-state index in [1.165, 1.54) is 6.07 Å². The average molecular weight is 196 g/mol. The van der Waals surface area contributed by atoms with Crippen molar-refractivity contribution in [3.63, 3.8) is 0 Å². The number of benzene rings is 1. The Bertz CT molecular complexity index is 339. The van der Waals surface area contributed by atoms with Gasteiger partial charge in [0.05, 0.1) is 17.9 Å². The molecule has 14 heavy (non-hydrogen) atoms. The molecular weight excluding hydrogens is 184 g/mol. The van der Waals surface area contributed by atoms with Crippen LogP contribution >= 0.6 is 0 Å². The molecule has 0 aromatic heterocycles. The monoisotopic (exact) mass is 196 g/mol. The Hall–Kier alpha value is -1.75. The van der Waals surface area contributed by atoms with E-state index < -0.39 is 5.97 Å². The number of carbonyl (C=O) groups is 1. The molecular formula is C9H12N2O3. The van der Waals surface area contributed by atoms with Gasteiger partial charge in [-0.25, -0.2) is 4.79 Å². The van der Waals surface area contributed by atoms with Crippen LogP contribution in [0.5, 0.6) is 5.75 Å². The molecule has 0 saturated carbocycles. The van der Waals surface area contributed by atoms with Crippen LogP contribution in [0.2, 0.25) is 0 Å². The minimum atomic E-state index is -1.04. The minimum absolute atomic E-state index is 0.0958. The molecule has 0 fully saturated rings. The van der Waals surface area contributed by atoms with Crippen LogP contribution in [0, 0.1) is 0 Å². The number of rotatable bonds is 4.